The lowest BCUT2D eigenvalue weighted by Crippen LogP contribution is -2.44. The first kappa shape index (κ1) is 17.9. The van der Waals surface area contributed by atoms with Gasteiger partial charge in [0, 0.05) is 27.2 Å². The molecule has 128 valence electrons. The molecule has 0 aliphatic carbocycles. The highest BCUT2D eigenvalue weighted by molar-refractivity contribution is 7.89. The fraction of sp³-hybridized carbons (Fsp3) is 0.562. The molecule has 0 aromatic heterocycles. The second-order valence-corrected chi connectivity index (χ2v) is 8.38. The van der Waals surface area contributed by atoms with Crippen molar-refractivity contribution in [1.82, 2.24) is 9.21 Å². The predicted molar refractivity (Wildman–Crippen MR) is 88.3 cm³/mol. The van der Waals surface area contributed by atoms with Crippen LogP contribution < -0.4 is 0 Å². The zero-order valence-corrected chi connectivity index (χ0v) is 14.5. The van der Waals surface area contributed by atoms with Gasteiger partial charge >= 0.3 is 5.97 Å². The number of hydrogen-bond donors (Lipinski definition) is 0. The van der Waals surface area contributed by atoms with E-state index in [1.807, 2.05) is 35.2 Å². The fourth-order valence-corrected chi connectivity index (χ4v) is 4.03. The van der Waals surface area contributed by atoms with Gasteiger partial charge in [-0.25, -0.2) is 12.7 Å². The van der Waals surface area contributed by atoms with E-state index in [9.17, 15) is 13.2 Å². The number of nitrogens with zero attached hydrogens (tertiary/aromatic N) is 2. The number of carbonyl (C=O) groups excluding carboxylic acids is 1. The third-order valence-electron chi connectivity index (χ3n) is 4.06. The maximum Gasteiger partial charge on any atom is 0.320 e. The summed E-state index contributed by atoms with van der Waals surface area (Å²) in [5.74, 6) is -0.275. The Morgan fingerprint density at radius 1 is 1.22 bits per heavy atom. The van der Waals surface area contributed by atoms with Crippen LogP contribution in [0.4, 0.5) is 0 Å². The standard InChI is InChI=1S/C16H24N2O4S/c1-17(2)23(20,21)15-8-10-18(11-9-15)12-16(19)22-13-14-6-4-3-5-7-14/h3-7,15H,8-13H2,1-2H3. The topological polar surface area (TPSA) is 66.9 Å². The molecule has 0 amide bonds. The zero-order valence-electron chi connectivity index (χ0n) is 13.6. The summed E-state index contributed by atoms with van der Waals surface area (Å²) in [5, 5.41) is -0.353. The van der Waals surface area contributed by atoms with E-state index in [1.54, 1.807) is 14.1 Å². The van der Waals surface area contributed by atoms with Gasteiger partial charge in [-0.3, -0.25) is 9.69 Å². The molecule has 1 aliphatic heterocycles. The molecule has 1 aromatic rings. The highest BCUT2D eigenvalue weighted by atomic mass is 32.2. The van der Waals surface area contributed by atoms with Gasteiger partial charge in [0.05, 0.1) is 11.8 Å². The van der Waals surface area contributed by atoms with Crippen LogP contribution in [-0.4, -0.2) is 62.6 Å². The van der Waals surface area contributed by atoms with Crippen molar-refractivity contribution < 1.29 is 17.9 Å². The number of esters is 1. The average Bonchev–Trinajstić information content (AvgIpc) is 2.54. The lowest BCUT2D eigenvalue weighted by atomic mass is 10.1. The van der Waals surface area contributed by atoms with Crippen LogP contribution in [0.15, 0.2) is 30.3 Å². The Morgan fingerprint density at radius 3 is 2.39 bits per heavy atom. The van der Waals surface area contributed by atoms with Gasteiger partial charge in [0.1, 0.15) is 6.61 Å². The lowest BCUT2D eigenvalue weighted by molar-refractivity contribution is -0.146. The van der Waals surface area contributed by atoms with Crippen molar-refractivity contribution in [3.05, 3.63) is 35.9 Å². The summed E-state index contributed by atoms with van der Waals surface area (Å²) in [6.45, 7) is 1.67. The molecule has 1 aliphatic rings. The summed E-state index contributed by atoms with van der Waals surface area (Å²) in [5.41, 5.74) is 0.955. The van der Waals surface area contributed by atoms with Gasteiger partial charge in [0.2, 0.25) is 10.0 Å². The molecule has 2 rings (SSSR count). The summed E-state index contributed by atoms with van der Waals surface area (Å²) < 4.78 is 30.7. The van der Waals surface area contributed by atoms with Crippen LogP contribution in [0.3, 0.4) is 0 Å². The Labute approximate surface area is 138 Å². The van der Waals surface area contributed by atoms with Crippen LogP contribution in [0.25, 0.3) is 0 Å². The van der Waals surface area contributed by atoms with Crippen LogP contribution in [0, 0.1) is 0 Å². The summed E-state index contributed by atoms with van der Waals surface area (Å²) >= 11 is 0. The van der Waals surface area contributed by atoms with Crippen molar-refractivity contribution in [2.24, 2.45) is 0 Å². The number of hydrogen-bond acceptors (Lipinski definition) is 5. The molecule has 1 saturated heterocycles. The van der Waals surface area contributed by atoms with Gasteiger partial charge < -0.3 is 4.74 Å². The smallest absolute Gasteiger partial charge is 0.320 e. The first-order valence-electron chi connectivity index (χ1n) is 7.73. The maximum absolute atomic E-state index is 12.1. The van der Waals surface area contributed by atoms with Crippen LogP contribution >= 0.6 is 0 Å². The van der Waals surface area contributed by atoms with E-state index in [-0.39, 0.29) is 24.4 Å². The molecule has 0 spiro atoms. The number of likely N-dealkylation sites (tertiary alicyclic amines) is 1. The Balaban J connectivity index is 1.75. The summed E-state index contributed by atoms with van der Waals surface area (Å²) in [4.78, 5) is 13.8. The predicted octanol–water partition coefficient (Wildman–Crippen LogP) is 1.09. The van der Waals surface area contributed by atoms with Gasteiger partial charge in [-0.05, 0) is 18.4 Å². The highest BCUT2D eigenvalue weighted by Crippen LogP contribution is 2.19. The van der Waals surface area contributed by atoms with Gasteiger partial charge in [0.15, 0.2) is 0 Å². The second-order valence-electron chi connectivity index (χ2n) is 5.95. The van der Waals surface area contributed by atoms with Crippen LogP contribution in [0.2, 0.25) is 0 Å². The van der Waals surface area contributed by atoms with Crippen molar-refractivity contribution in [3.8, 4) is 0 Å². The van der Waals surface area contributed by atoms with Crippen LogP contribution in [0.5, 0.6) is 0 Å². The normalized spacial score (nSPS) is 17.3. The van der Waals surface area contributed by atoms with E-state index in [0.29, 0.717) is 25.9 Å². The summed E-state index contributed by atoms with van der Waals surface area (Å²) in [7, 11) is -0.0912. The van der Waals surface area contributed by atoms with Crippen molar-refractivity contribution >= 4 is 16.0 Å². The molecule has 23 heavy (non-hydrogen) atoms. The molecule has 0 unspecified atom stereocenters. The molecule has 0 atom stereocenters. The first-order chi connectivity index (χ1) is 10.9. The molecular formula is C16H24N2O4S. The molecule has 0 saturated carbocycles. The Morgan fingerprint density at radius 2 is 1.83 bits per heavy atom. The number of ether oxygens (including phenoxy) is 1. The van der Waals surface area contributed by atoms with E-state index in [0.717, 1.165) is 5.56 Å². The molecule has 1 heterocycles. The minimum absolute atomic E-state index is 0.210. The Kier molecular flexibility index (Phi) is 6.15. The largest absolute Gasteiger partial charge is 0.460 e. The second kappa shape index (κ2) is 7.90. The van der Waals surface area contributed by atoms with E-state index < -0.39 is 10.0 Å². The van der Waals surface area contributed by atoms with Gasteiger partial charge in [-0.15, -0.1) is 0 Å². The van der Waals surface area contributed by atoms with E-state index in [1.165, 1.54) is 4.31 Å². The van der Waals surface area contributed by atoms with Crippen molar-refractivity contribution in [2.45, 2.75) is 24.7 Å². The molecule has 7 heteroatoms. The highest BCUT2D eigenvalue weighted by Gasteiger charge is 2.32. The quantitative estimate of drug-likeness (QED) is 0.725. The van der Waals surface area contributed by atoms with Gasteiger partial charge in [-0.1, -0.05) is 30.3 Å². The maximum atomic E-state index is 12.1. The van der Waals surface area contributed by atoms with E-state index in [4.69, 9.17) is 4.74 Å². The van der Waals surface area contributed by atoms with Gasteiger partial charge in [0.25, 0.3) is 0 Å². The molecule has 6 nitrogen and oxygen atoms in total. The van der Waals surface area contributed by atoms with Crippen molar-refractivity contribution in [1.29, 1.82) is 0 Å². The Bertz CT molecular complexity index is 608. The zero-order chi connectivity index (χ0) is 16.9. The lowest BCUT2D eigenvalue weighted by Gasteiger charge is -2.32. The summed E-state index contributed by atoms with van der Waals surface area (Å²) in [6, 6.07) is 9.53. The number of rotatable bonds is 6. The molecular weight excluding hydrogens is 316 g/mol. The molecule has 0 radical (unpaired) electrons. The monoisotopic (exact) mass is 340 g/mol. The third kappa shape index (κ3) is 5.02. The fourth-order valence-electron chi connectivity index (χ4n) is 2.63. The average molecular weight is 340 g/mol. The van der Waals surface area contributed by atoms with Crippen molar-refractivity contribution in [3.63, 3.8) is 0 Å². The summed E-state index contributed by atoms with van der Waals surface area (Å²) in [6.07, 6.45) is 1.10. The molecule has 0 bridgehead atoms. The number of piperidine rings is 1. The SMILES string of the molecule is CN(C)S(=O)(=O)C1CCN(CC(=O)OCc2ccccc2)CC1. The first-order valence-corrected chi connectivity index (χ1v) is 9.23. The van der Waals surface area contributed by atoms with Gasteiger partial charge in [-0.2, -0.15) is 0 Å². The number of carbonyl (C=O) groups is 1. The van der Waals surface area contributed by atoms with Crippen molar-refractivity contribution in [2.75, 3.05) is 33.7 Å². The third-order valence-corrected chi connectivity index (χ3v) is 6.39. The van der Waals surface area contributed by atoms with E-state index in [2.05, 4.69) is 0 Å². The van der Waals surface area contributed by atoms with Crippen LogP contribution in [-0.2, 0) is 26.2 Å². The van der Waals surface area contributed by atoms with Crippen LogP contribution in [0.1, 0.15) is 18.4 Å². The minimum Gasteiger partial charge on any atom is -0.460 e. The molecule has 0 N–H and O–H groups in total. The number of sulfonamides is 1. The van der Waals surface area contributed by atoms with E-state index >= 15 is 0 Å². The molecule has 1 fully saturated rings. The molecule has 1 aromatic carbocycles. The number of benzene rings is 1. The Hall–Kier alpha value is -1.44. The minimum atomic E-state index is -3.21.